The topological polar surface area (TPSA) is 84.2 Å². The third-order valence-electron chi connectivity index (χ3n) is 2.37. The van der Waals surface area contributed by atoms with E-state index in [1.165, 1.54) is 11.3 Å². The molecule has 0 fully saturated rings. The minimum atomic E-state index is -0.454. The summed E-state index contributed by atoms with van der Waals surface area (Å²) < 4.78 is 0. The number of carbonyl (C=O) groups excluding carboxylic acids is 2. The lowest BCUT2D eigenvalue weighted by atomic mass is 10.2. The van der Waals surface area contributed by atoms with Crippen molar-refractivity contribution in [1.29, 1.82) is 0 Å². The molecule has 0 aliphatic carbocycles. The Morgan fingerprint density at radius 1 is 1.16 bits per heavy atom. The minimum Gasteiger partial charge on any atom is -0.320 e. The van der Waals surface area contributed by atoms with Gasteiger partial charge in [-0.3, -0.25) is 15.0 Å². The molecular formula is C12H10ClN3O2S. The highest BCUT2D eigenvalue weighted by Gasteiger charge is 2.16. The molecule has 1 heterocycles. The fraction of sp³-hybridized carbons (Fsp3) is 0. The van der Waals surface area contributed by atoms with E-state index in [9.17, 15) is 9.59 Å². The summed E-state index contributed by atoms with van der Waals surface area (Å²) >= 11 is 7.12. The van der Waals surface area contributed by atoms with Crippen LogP contribution in [0.5, 0.6) is 0 Å². The first-order chi connectivity index (χ1) is 9.13. The van der Waals surface area contributed by atoms with Crippen molar-refractivity contribution in [1.82, 2.24) is 5.43 Å². The van der Waals surface area contributed by atoms with Crippen molar-refractivity contribution in [2.24, 2.45) is 5.84 Å². The molecular weight excluding hydrogens is 286 g/mol. The van der Waals surface area contributed by atoms with Crippen LogP contribution >= 0.6 is 22.9 Å². The summed E-state index contributed by atoms with van der Waals surface area (Å²) in [6.07, 6.45) is 0. The van der Waals surface area contributed by atoms with Crippen LogP contribution in [0.3, 0.4) is 0 Å². The number of nitrogens with two attached hydrogens (primary N) is 1. The van der Waals surface area contributed by atoms with Crippen LogP contribution < -0.4 is 16.6 Å². The number of rotatable bonds is 3. The molecule has 0 aliphatic heterocycles. The summed E-state index contributed by atoms with van der Waals surface area (Å²) in [5.41, 5.74) is 2.77. The average Bonchev–Trinajstić information content (AvgIpc) is 2.86. The highest BCUT2D eigenvalue weighted by atomic mass is 35.5. The van der Waals surface area contributed by atoms with Gasteiger partial charge in [0, 0.05) is 0 Å². The number of benzene rings is 1. The SMILES string of the molecule is NNC(=O)c1sccc1NC(=O)c1ccccc1Cl. The van der Waals surface area contributed by atoms with Gasteiger partial charge in [0.15, 0.2) is 0 Å². The molecule has 2 aromatic rings. The van der Waals surface area contributed by atoms with Gasteiger partial charge in [-0.15, -0.1) is 11.3 Å². The Morgan fingerprint density at radius 2 is 1.89 bits per heavy atom. The molecule has 0 aliphatic rings. The lowest BCUT2D eigenvalue weighted by molar-refractivity contribution is 0.0958. The van der Waals surface area contributed by atoms with Crippen LogP contribution in [0.4, 0.5) is 5.69 Å². The molecule has 0 spiro atoms. The zero-order chi connectivity index (χ0) is 13.8. The maximum Gasteiger partial charge on any atom is 0.277 e. The van der Waals surface area contributed by atoms with Crippen molar-refractivity contribution < 1.29 is 9.59 Å². The van der Waals surface area contributed by atoms with Gasteiger partial charge in [0.05, 0.1) is 16.3 Å². The average molecular weight is 296 g/mol. The van der Waals surface area contributed by atoms with E-state index in [1.807, 2.05) is 5.43 Å². The summed E-state index contributed by atoms with van der Waals surface area (Å²) in [5.74, 6) is 4.24. The van der Waals surface area contributed by atoms with Crippen LogP contribution in [0.25, 0.3) is 0 Å². The predicted molar refractivity (Wildman–Crippen MR) is 75.4 cm³/mol. The Kier molecular flexibility index (Phi) is 4.16. The van der Waals surface area contributed by atoms with E-state index in [2.05, 4.69) is 5.32 Å². The molecule has 19 heavy (non-hydrogen) atoms. The second kappa shape index (κ2) is 5.83. The van der Waals surface area contributed by atoms with Gasteiger partial charge in [0.25, 0.3) is 11.8 Å². The summed E-state index contributed by atoms with van der Waals surface area (Å²) in [6.45, 7) is 0. The molecule has 5 nitrogen and oxygen atoms in total. The highest BCUT2D eigenvalue weighted by molar-refractivity contribution is 7.12. The number of hydrogen-bond donors (Lipinski definition) is 3. The molecule has 0 bridgehead atoms. The van der Waals surface area contributed by atoms with Gasteiger partial charge in [-0.1, -0.05) is 23.7 Å². The molecule has 0 radical (unpaired) electrons. The Hall–Kier alpha value is -1.89. The molecule has 98 valence electrons. The van der Waals surface area contributed by atoms with Gasteiger partial charge in [0.1, 0.15) is 4.88 Å². The van der Waals surface area contributed by atoms with E-state index in [0.29, 0.717) is 21.2 Å². The maximum atomic E-state index is 12.0. The van der Waals surface area contributed by atoms with E-state index in [0.717, 1.165) is 0 Å². The van der Waals surface area contributed by atoms with Gasteiger partial charge in [-0.05, 0) is 23.6 Å². The van der Waals surface area contributed by atoms with E-state index in [1.54, 1.807) is 35.7 Å². The van der Waals surface area contributed by atoms with Gasteiger partial charge < -0.3 is 5.32 Å². The van der Waals surface area contributed by atoms with Crippen LogP contribution in [0.1, 0.15) is 20.0 Å². The van der Waals surface area contributed by atoms with Crippen LogP contribution in [-0.2, 0) is 0 Å². The molecule has 0 saturated carbocycles. The molecule has 1 aromatic carbocycles. The van der Waals surface area contributed by atoms with Crippen molar-refractivity contribution in [2.75, 3.05) is 5.32 Å². The molecule has 7 heteroatoms. The number of nitrogen functional groups attached to an aromatic ring is 1. The molecule has 2 amide bonds. The van der Waals surface area contributed by atoms with Gasteiger partial charge in [-0.2, -0.15) is 0 Å². The van der Waals surface area contributed by atoms with Crippen molar-refractivity contribution in [3.05, 3.63) is 51.2 Å². The van der Waals surface area contributed by atoms with Crippen LogP contribution in [0.2, 0.25) is 5.02 Å². The zero-order valence-electron chi connectivity index (χ0n) is 9.64. The van der Waals surface area contributed by atoms with E-state index in [-0.39, 0.29) is 5.91 Å². The van der Waals surface area contributed by atoms with Crippen LogP contribution in [0, 0.1) is 0 Å². The molecule has 0 unspecified atom stereocenters. The van der Waals surface area contributed by atoms with Crippen molar-refractivity contribution in [3.63, 3.8) is 0 Å². The van der Waals surface area contributed by atoms with E-state index in [4.69, 9.17) is 17.4 Å². The monoisotopic (exact) mass is 295 g/mol. The van der Waals surface area contributed by atoms with Crippen molar-refractivity contribution in [2.45, 2.75) is 0 Å². The molecule has 0 atom stereocenters. The number of halogens is 1. The maximum absolute atomic E-state index is 12.0. The summed E-state index contributed by atoms with van der Waals surface area (Å²) in [5, 5.41) is 4.67. The molecule has 2 rings (SSSR count). The summed E-state index contributed by atoms with van der Waals surface area (Å²) in [4.78, 5) is 23.9. The normalized spacial score (nSPS) is 10.0. The first-order valence-corrected chi connectivity index (χ1v) is 6.53. The standard InChI is InChI=1S/C12H10ClN3O2S/c13-8-4-2-1-3-7(8)11(17)15-9-5-6-19-10(9)12(18)16-14/h1-6H,14H2,(H,15,17)(H,16,18). The van der Waals surface area contributed by atoms with E-state index < -0.39 is 5.91 Å². The van der Waals surface area contributed by atoms with Gasteiger partial charge >= 0.3 is 0 Å². The fourth-order valence-corrected chi connectivity index (χ4v) is 2.46. The largest absolute Gasteiger partial charge is 0.320 e. The Labute approximate surface area is 118 Å². The van der Waals surface area contributed by atoms with E-state index >= 15 is 0 Å². The number of anilines is 1. The smallest absolute Gasteiger partial charge is 0.277 e. The third kappa shape index (κ3) is 2.93. The predicted octanol–water partition coefficient (Wildman–Crippen LogP) is 2.26. The van der Waals surface area contributed by atoms with Gasteiger partial charge in [0.2, 0.25) is 0 Å². The Balaban J connectivity index is 2.23. The van der Waals surface area contributed by atoms with Gasteiger partial charge in [-0.25, -0.2) is 5.84 Å². The lowest BCUT2D eigenvalue weighted by Crippen LogP contribution is -2.30. The number of thiophene rings is 1. The highest BCUT2D eigenvalue weighted by Crippen LogP contribution is 2.24. The van der Waals surface area contributed by atoms with Crippen molar-refractivity contribution >= 4 is 40.4 Å². The molecule has 1 aromatic heterocycles. The zero-order valence-corrected chi connectivity index (χ0v) is 11.2. The fourth-order valence-electron chi connectivity index (χ4n) is 1.48. The van der Waals surface area contributed by atoms with Crippen LogP contribution in [-0.4, -0.2) is 11.8 Å². The first kappa shape index (κ1) is 13.5. The summed E-state index contributed by atoms with van der Waals surface area (Å²) in [6, 6.07) is 8.30. The first-order valence-electron chi connectivity index (χ1n) is 5.28. The molecule has 0 saturated heterocycles. The van der Waals surface area contributed by atoms with Crippen LogP contribution in [0.15, 0.2) is 35.7 Å². The quantitative estimate of drug-likeness (QED) is 0.461. The second-order valence-corrected chi connectivity index (χ2v) is 4.89. The number of carbonyl (C=O) groups is 2. The Morgan fingerprint density at radius 3 is 2.58 bits per heavy atom. The number of amides is 2. The number of hydrazine groups is 1. The Bertz CT molecular complexity index is 627. The number of hydrogen-bond acceptors (Lipinski definition) is 4. The minimum absolute atomic E-state index is 0.336. The second-order valence-electron chi connectivity index (χ2n) is 3.57. The summed E-state index contributed by atoms with van der Waals surface area (Å²) in [7, 11) is 0. The third-order valence-corrected chi connectivity index (χ3v) is 3.61. The lowest BCUT2D eigenvalue weighted by Gasteiger charge is -2.06. The van der Waals surface area contributed by atoms with Crippen molar-refractivity contribution in [3.8, 4) is 0 Å². The molecule has 4 N–H and O–H groups in total. The number of nitrogens with one attached hydrogen (secondary N) is 2.